The van der Waals surface area contributed by atoms with Crippen LogP contribution in [0.2, 0.25) is 0 Å². The number of aromatic nitrogens is 1. The number of nitrogens with zero attached hydrogens (tertiary/aromatic N) is 3. The lowest BCUT2D eigenvalue weighted by Crippen LogP contribution is -2.28. The Hall–Kier alpha value is -1.61. The Morgan fingerprint density at radius 1 is 1.37 bits per heavy atom. The molecule has 0 atom stereocenters. The van der Waals surface area contributed by atoms with Gasteiger partial charge >= 0.3 is 0 Å². The SMILES string of the molecule is CN(CCC#N)c1ccc(S(=O)(=O)C(C)(C)C)nc1. The van der Waals surface area contributed by atoms with Gasteiger partial charge in [0.25, 0.3) is 0 Å². The normalized spacial score (nSPS) is 11.9. The molecule has 0 aliphatic rings. The monoisotopic (exact) mass is 281 g/mol. The highest BCUT2D eigenvalue weighted by Crippen LogP contribution is 2.24. The third kappa shape index (κ3) is 3.44. The summed E-state index contributed by atoms with van der Waals surface area (Å²) in [6.45, 7) is 5.54. The number of rotatable bonds is 4. The minimum atomic E-state index is -3.42. The first-order valence-electron chi connectivity index (χ1n) is 5.99. The van der Waals surface area contributed by atoms with E-state index in [9.17, 15) is 8.42 Å². The van der Waals surface area contributed by atoms with Gasteiger partial charge in [0, 0.05) is 13.6 Å². The number of hydrogen-bond acceptors (Lipinski definition) is 5. The first-order chi connectivity index (χ1) is 8.70. The molecule has 0 N–H and O–H groups in total. The van der Waals surface area contributed by atoms with Crippen molar-refractivity contribution in [2.45, 2.75) is 37.0 Å². The van der Waals surface area contributed by atoms with Crippen LogP contribution in [-0.2, 0) is 9.84 Å². The molecule has 0 radical (unpaired) electrons. The van der Waals surface area contributed by atoms with Crippen LogP contribution in [0.15, 0.2) is 23.4 Å². The van der Waals surface area contributed by atoms with Gasteiger partial charge in [-0.15, -0.1) is 0 Å². The van der Waals surface area contributed by atoms with Crippen LogP contribution >= 0.6 is 0 Å². The lowest BCUT2D eigenvalue weighted by atomic mass is 10.3. The van der Waals surface area contributed by atoms with Crippen molar-refractivity contribution >= 4 is 15.5 Å². The van der Waals surface area contributed by atoms with Crippen LogP contribution in [0.3, 0.4) is 0 Å². The van der Waals surface area contributed by atoms with Crippen molar-refractivity contribution in [2.24, 2.45) is 0 Å². The topological polar surface area (TPSA) is 74.1 Å². The Morgan fingerprint density at radius 2 is 2.00 bits per heavy atom. The zero-order valence-electron chi connectivity index (χ0n) is 11.7. The summed E-state index contributed by atoms with van der Waals surface area (Å²) in [5, 5.41) is 8.61. The van der Waals surface area contributed by atoms with Gasteiger partial charge in [0.15, 0.2) is 14.9 Å². The molecule has 6 heteroatoms. The Kier molecular flexibility index (Phi) is 4.53. The standard InChI is InChI=1S/C13H19N3O2S/c1-13(2,3)19(17,18)12-7-6-11(10-15-12)16(4)9-5-8-14/h6-7,10H,5,9H2,1-4H3. The van der Waals surface area contributed by atoms with E-state index in [1.54, 1.807) is 26.8 Å². The highest BCUT2D eigenvalue weighted by Gasteiger charge is 2.31. The van der Waals surface area contributed by atoms with Crippen LogP contribution in [0.25, 0.3) is 0 Å². The number of hydrogen-bond donors (Lipinski definition) is 0. The van der Waals surface area contributed by atoms with Gasteiger partial charge in [-0.2, -0.15) is 5.26 Å². The maximum absolute atomic E-state index is 12.2. The predicted octanol–water partition coefficient (Wildman–Crippen LogP) is 2.00. The molecule has 0 aromatic carbocycles. The first-order valence-corrected chi connectivity index (χ1v) is 7.47. The quantitative estimate of drug-likeness (QED) is 0.844. The van der Waals surface area contributed by atoms with Crippen molar-refractivity contribution in [3.8, 4) is 6.07 Å². The van der Waals surface area contributed by atoms with E-state index in [-0.39, 0.29) is 5.03 Å². The number of sulfone groups is 1. The van der Waals surface area contributed by atoms with Crippen LogP contribution in [0.4, 0.5) is 5.69 Å². The zero-order valence-corrected chi connectivity index (χ0v) is 12.5. The van der Waals surface area contributed by atoms with Crippen LogP contribution in [-0.4, -0.2) is 31.7 Å². The van der Waals surface area contributed by atoms with E-state index in [4.69, 9.17) is 5.26 Å². The van der Waals surface area contributed by atoms with E-state index in [1.165, 1.54) is 12.3 Å². The van der Waals surface area contributed by atoms with Crippen LogP contribution in [0.5, 0.6) is 0 Å². The van der Waals surface area contributed by atoms with Gasteiger partial charge in [-0.05, 0) is 32.9 Å². The molecule has 0 aliphatic carbocycles. The van der Waals surface area contributed by atoms with Gasteiger partial charge < -0.3 is 4.90 Å². The molecule has 1 rings (SSSR count). The van der Waals surface area contributed by atoms with E-state index in [0.717, 1.165) is 5.69 Å². The Labute approximate surface area is 114 Å². The Morgan fingerprint density at radius 3 is 2.42 bits per heavy atom. The minimum absolute atomic E-state index is 0.0810. The molecule has 0 saturated carbocycles. The van der Waals surface area contributed by atoms with E-state index in [0.29, 0.717) is 13.0 Å². The summed E-state index contributed by atoms with van der Waals surface area (Å²) < 4.78 is 23.5. The van der Waals surface area contributed by atoms with Gasteiger partial charge in [-0.25, -0.2) is 13.4 Å². The smallest absolute Gasteiger partial charge is 0.200 e. The first kappa shape index (κ1) is 15.4. The van der Waals surface area contributed by atoms with Gasteiger partial charge in [-0.1, -0.05) is 0 Å². The third-order valence-electron chi connectivity index (χ3n) is 2.80. The van der Waals surface area contributed by atoms with E-state index >= 15 is 0 Å². The molecule has 1 aromatic rings. The Bertz CT molecular complexity index is 565. The van der Waals surface area contributed by atoms with Gasteiger partial charge in [0.05, 0.1) is 29.1 Å². The van der Waals surface area contributed by atoms with Crippen molar-refractivity contribution in [3.05, 3.63) is 18.3 Å². The molecule has 0 amide bonds. The van der Waals surface area contributed by atoms with Crippen molar-refractivity contribution in [2.75, 3.05) is 18.5 Å². The van der Waals surface area contributed by atoms with Crippen LogP contribution in [0.1, 0.15) is 27.2 Å². The maximum Gasteiger partial charge on any atom is 0.200 e. The molecule has 0 fully saturated rings. The minimum Gasteiger partial charge on any atom is -0.372 e. The molecule has 0 saturated heterocycles. The van der Waals surface area contributed by atoms with E-state index in [2.05, 4.69) is 11.1 Å². The van der Waals surface area contributed by atoms with Crippen LogP contribution < -0.4 is 4.90 Å². The van der Waals surface area contributed by atoms with Crippen LogP contribution in [0, 0.1) is 11.3 Å². The fourth-order valence-electron chi connectivity index (χ4n) is 1.42. The maximum atomic E-state index is 12.2. The zero-order chi connectivity index (χ0) is 14.7. The summed E-state index contributed by atoms with van der Waals surface area (Å²) in [4.78, 5) is 5.90. The van der Waals surface area contributed by atoms with Gasteiger partial charge in [0.1, 0.15) is 0 Å². The molecule has 0 aliphatic heterocycles. The highest BCUT2D eigenvalue weighted by atomic mass is 32.2. The summed E-state index contributed by atoms with van der Waals surface area (Å²) in [5.41, 5.74) is 0.795. The molecule has 0 unspecified atom stereocenters. The molecule has 1 aromatic heterocycles. The summed E-state index contributed by atoms with van der Waals surface area (Å²) in [6.07, 6.45) is 1.94. The van der Waals surface area contributed by atoms with Gasteiger partial charge in [-0.3, -0.25) is 0 Å². The highest BCUT2D eigenvalue weighted by molar-refractivity contribution is 7.92. The van der Waals surface area contributed by atoms with E-state index in [1.807, 2.05) is 11.9 Å². The summed E-state index contributed by atoms with van der Waals surface area (Å²) >= 11 is 0. The molecule has 104 valence electrons. The van der Waals surface area contributed by atoms with E-state index < -0.39 is 14.6 Å². The fourth-order valence-corrected chi connectivity index (χ4v) is 2.48. The second-order valence-electron chi connectivity index (χ2n) is 5.30. The Balaban J connectivity index is 2.98. The number of anilines is 1. The fraction of sp³-hybridized carbons (Fsp3) is 0.538. The molecular formula is C13H19N3O2S. The van der Waals surface area contributed by atoms with Crippen molar-refractivity contribution in [1.29, 1.82) is 5.26 Å². The third-order valence-corrected chi connectivity index (χ3v) is 5.21. The lowest BCUT2D eigenvalue weighted by Gasteiger charge is -2.20. The summed E-state index contributed by atoms with van der Waals surface area (Å²) in [5.74, 6) is 0. The van der Waals surface area contributed by atoms with Crippen molar-refractivity contribution in [1.82, 2.24) is 4.98 Å². The number of pyridine rings is 1. The average Bonchev–Trinajstić information content (AvgIpc) is 2.34. The average molecular weight is 281 g/mol. The number of nitriles is 1. The predicted molar refractivity (Wildman–Crippen MR) is 74.7 cm³/mol. The summed E-state index contributed by atoms with van der Waals surface area (Å²) in [7, 11) is -1.58. The van der Waals surface area contributed by atoms with Crippen molar-refractivity contribution < 1.29 is 8.42 Å². The second kappa shape index (κ2) is 5.57. The summed E-state index contributed by atoms with van der Waals surface area (Å²) in [6, 6.07) is 5.29. The lowest BCUT2D eigenvalue weighted by molar-refractivity contribution is 0.556. The molecule has 19 heavy (non-hydrogen) atoms. The molecule has 1 heterocycles. The second-order valence-corrected chi connectivity index (χ2v) is 7.95. The molecule has 0 bridgehead atoms. The molecular weight excluding hydrogens is 262 g/mol. The molecule has 0 spiro atoms. The van der Waals surface area contributed by atoms with Crippen molar-refractivity contribution in [3.63, 3.8) is 0 Å². The molecule has 5 nitrogen and oxygen atoms in total. The largest absolute Gasteiger partial charge is 0.372 e. The van der Waals surface area contributed by atoms with Gasteiger partial charge in [0.2, 0.25) is 0 Å².